The van der Waals surface area contributed by atoms with Crippen LogP contribution in [0.4, 0.5) is 10.5 Å². The Morgan fingerprint density at radius 1 is 1.18 bits per heavy atom. The van der Waals surface area contributed by atoms with E-state index in [-0.39, 0.29) is 17.2 Å². The summed E-state index contributed by atoms with van der Waals surface area (Å²) < 4.78 is 14.8. The van der Waals surface area contributed by atoms with Crippen LogP contribution in [-0.4, -0.2) is 19.2 Å². The summed E-state index contributed by atoms with van der Waals surface area (Å²) in [5, 5.41) is 1.12. The highest BCUT2D eigenvalue weighted by Crippen LogP contribution is 2.39. The topological polar surface area (TPSA) is 87.9 Å². The lowest BCUT2D eigenvalue weighted by molar-refractivity contribution is -0.128. The first-order valence-electron chi connectivity index (χ1n) is 6.39. The van der Waals surface area contributed by atoms with Gasteiger partial charge in [-0.3, -0.25) is 0 Å². The fourth-order valence-electron chi connectivity index (χ4n) is 1.97. The maximum atomic E-state index is 11.5. The SMILES string of the molecule is C=CC(=O)Oc1c(N)cc(OC(=O)OC)c2cc(C)ccc12. The van der Waals surface area contributed by atoms with Gasteiger partial charge in [0.05, 0.1) is 12.8 Å². The quantitative estimate of drug-likeness (QED) is 0.308. The lowest BCUT2D eigenvalue weighted by atomic mass is 10.0. The van der Waals surface area contributed by atoms with Gasteiger partial charge in [0, 0.05) is 22.9 Å². The van der Waals surface area contributed by atoms with Crippen molar-refractivity contribution < 1.29 is 23.8 Å². The van der Waals surface area contributed by atoms with Crippen LogP contribution in [0.25, 0.3) is 10.8 Å². The molecule has 0 aliphatic rings. The fraction of sp³-hybridized carbons (Fsp3) is 0.125. The summed E-state index contributed by atoms with van der Waals surface area (Å²) in [4.78, 5) is 22.8. The molecule has 2 aromatic carbocycles. The van der Waals surface area contributed by atoms with E-state index in [9.17, 15) is 9.59 Å². The first kappa shape index (κ1) is 15.4. The van der Waals surface area contributed by atoms with Gasteiger partial charge in [-0.2, -0.15) is 0 Å². The molecule has 0 aliphatic carbocycles. The number of benzene rings is 2. The molecule has 114 valence electrons. The number of hydrogen-bond donors (Lipinski definition) is 1. The Morgan fingerprint density at radius 2 is 1.91 bits per heavy atom. The fourth-order valence-corrected chi connectivity index (χ4v) is 1.97. The second-order valence-electron chi connectivity index (χ2n) is 4.52. The summed E-state index contributed by atoms with van der Waals surface area (Å²) in [7, 11) is 1.21. The van der Waals surface area contributed by atoms with Gasteiger partial charge < -0.3 is 19.9 Å². The summed E-state index contributed by atoms with van der Waals surface area (Å²) in [6, 6.07) is 6.76. The van der Waals surface area contributed by atoms with E-state index < -0.39 is 12.1 Å². The van der Waals surface area contributed by atoms with Crippen molar-refractivity contribution in [2.45, 2.75) is 6.92 Å². The van der Waals surface area contributed by atoms with E-state index in [1.807, 2.05) is 13.0 Å². The number of nitrogens with two attached hydrogens (primary N) is 1. The smallest absolute Gasteiger partial charge is 0.437 e. The van der Waals surface area contributed by atoms with Crippen molar-refractivity contribution in [1.82, 2.24) is 0 Å². The van der Waals surface area contributed by atoms with E-state index in [0.717, 1.165) is 11.6 Å². The van der Waals surface area contributed by atoms with Gasteiger partial charge in [0.1, 0.15) is 5.75 Å². The predicted octanol–water partition coefficient (Wildman–Crippen LogP) is 2.97. The molecule has 6 heteroatoms. The Balaban J connectivity index is 2.66. The number of anilines is 1. The normalized spacial score (nSPS) is 10.1. The van der Waals surface area contributed by atoms with Crippen molar-refractivity contribution in [2.75, 3.05) is 12.8 Å². The first-order chi connectivity index (χ1) is 10.5. The monoisotopic (exact) mass is 301 g/mol. The van der Waals surface area contributed by atoms with Crippen LogP contribution < -0.4 is 15.2 Å². The van der Waals surface area contributed by atoms with Gasteiger partial charge in [-0.25, -0.2) is 9.59 Å². The number of carbonyl (C=O) groups excluding carboxylic acids is 2. The van der Waals surface area contributed by atoms with Crippen molar-refractivity contribution in [1.29, 1.82) is 0 Å². The number of ether oxygens (including phenoxy) is 3. The van der Waals surface area contributed by atoms with Crippen LogP contribution in [0.2, 0.25) is 0 Å². The predicted molar refractivity (Wildman–Crippen MR) is 82.0 cm³/mol. The van der Waals surface area contributed by atoms with Gasteiger partial charge in [-0.1, -0.05) is 24.3 Å². The molecule has 0 spiro atoms. The number of carbonyl (C=O) groups is 2. The molecule has 0 aromatic heterocycles. The first-order valence-corrected chi connectivity index (χ1v) is 6.39. The Labute approximate surface area is 127 Å². The molecule has 0 saturated carbocycles. The molecule has 22 heavy (non-hydrogen) atoms. The number of methoxy groups -OCH3 is 1. The number of aryl methyl sites for hydroxylation is 1. The van der Waals surface area contributed by atoms with Crippen molar-refractivity contribution in [2.24, 2.45) is 0 Å². The van der Waals surface area contributed by atoms with Crippen LogP contribution >= 0.6 is 0 Å². The third-order valence-electron chi connectivity index (χ3n) is 2.96. The molecule has 0 aliphatic heterocycles. The van der Waals surface area contributed by atoms with Gasteiger partial charge in [-0.05, 0) is 13.0 Å². The standard InChI is InChI=1S/C16H15NO5/c1-4-14(18)22-15-10-6-5-9(2)7-11(10)13(8-12(15)17)21-16(19)20-3/h4-8H,1,17H2,2-3H3. The summed E-state index contributed by atoms with van der Waals surface area (Å²) in [6.07, 6.45) is 0.177. The van der Waals surface area contributed by atoms with Gasteiger partial charge in [0.15, 0.2) is 5.75 Å². The van der Waals surface area contributed by atoms with Gasteiger partial charge >= 0.3 is 12.1 Å². The second-order valence-corrected chi connectivity index (χ2v) is 4.52. The average molecular weight is 301 g/mol. The number of fused-ring (bicyclic) bond motifs is 1. The maximum absolute atomic E-state index is 11.5. The summed E-state index contributed by atoms with van der Waals surface area (Å²) in [6.45, 7) is 5.23. The Morgan fingerprint density at radius 3 is 2.55 bits per heavy atom. The zero-order valence-electron chi connectivity index (χ0n) is 12.2. The van der Waals surface area contributed by atoms with E-state index in [0.29, 0.717) is 10.8 Å². The Kier molecular flexibility index (Phi) is 4.31. The number of esters is 1. The molecular formula is C16H15NO5. The summed E-state index contributed by atoms with van der Waals surface area (Å²) >= 11 is 0. The van der Waals surface area contributed by atoms with Crippen LogP contribution in [0.1, 0.15) is 5.56 Å². The zero-order valence-corrected chi connectivity index (χ0v) is 12.2. The number of nitrogen functional groups attached to an aromatic ring is 1. The van der Waals surface area contributed by atoms with Crippen LogP contribution in [0.3, 0.4) is 0 Å². The highest BCUT2D eigenvalue weighted by atomic mass is 16.7. The Hall–Kier alpha value is -3.02. The Bertz CT molecular complexity index is 767. The molecule has 0 unspecified atom stereocenters. The molecule has 0 radical (unpaired) electrons. The van der Waals surface area contributed by atoms with Crippen molar-refractivity contribution >= 4 is 28.6 Å². The third-order valence-corrected chi connectivity index (χ3v) is 2.96. The minimum atomic E-state index is -0.863. The molecule has 2 N–H and O–H groups in total. The molecule has 0 atom stereocenters. The highest BCUT2D eigenvalue weighted by Gasteiger charge is 2.17. The lowest BCUT2D eigenvalue weighted by Crippen LogP contribution is -2.10. The average Bonchev–Trinajstić information content (AvgIpc) is 2.50. The van der Waals surface area contributed by atoms with Crippen LogP contribution in [0, 0.1) is 6.92 Å². The molecule has 6 nitrogen and oxygen atoms in total. The molecule has 2 aromatic rings. The summed E-state index contributed by atoms with van der Waals surface area (Å²) in [5.74, 6) is -0.214. The molecule has 0 heterocycles. The lowest BCUT2D eigenvalue weighted by Gasteiger charge is -2.13. The van der Waals surface area contributed by atoms with Crippen LogP contribution in [-0.2, 0) is 9.53 Å². The van der Waals surface area contributed by atoms with Gasteiger partial charge in [-0.15, -0.1) is 0 Å². The van der Waals surface area contributed by atoms with Crippen molar-refractivity contribution in [3.8, 4) is 11.5 Å². The molecule has 0 bridgehead atoms. The van der Waals surface area contributed by atoms with Gasteiger partial charge in [0.2, 0.25) is 0 Å². The number of rotatable bonds is 3. The largest absolute Gasteiger partial charge is 0.513 e. The van der Waals surface area contributed by atoms with E-state index in [4.69, 9.17) is 15.2 Å². The molecule has 2 rings (SSSR count). The molecule has 0 fully saturated rings. The molecule has 0 saturated heterocycles. The van der Waals surface area contributed by atoms with E-state index in [1.54, 1.807) is 12.1 Å². The van der Waals surface area contributed by atoms with Gasteiger partial charge in [0.25, 0.3) is 0 Å². The maximum Gasteiger partial charge on any atom is 0.513 e. The molecule has 0 amide bonds. The van der Waals surface area contributed by atoms with Crippen molar-refractivity contribution in [3.05, 3.63) is 42.5 Å². The number of hydrogen-bond acceptors (Lipinski definition) is 6. The van der Waals surface area contributed by atoms with E-state index in [2.05, 4.69) is 11.3 Å². The van der Waals surface area contributed by atoms with Crippen molar-refractivity contribution in [3.63, 3.8) is 0 Å². The van der Waals surface area contributed by atoms with Crippen LogP contribution in [0.5, 0.6) is 11.5 Å². The zero-order chi connectivity index (χ0) is 16.3. The minimum absolute atomic E-state index is 0.158. The second kappa shape index (κ2) is 6.17. The molecular weight excluding hydrogens is 286 g/mol. The minimum Gasteiger partial charge on any atom is -0.437 e. The third kappa shape index (κ3) is 3.01. The van der Waals surface area contributed by atoms with E-state index >= 15 is 0 Å². The van der Waals surface area contributed by atoms with Crippen LogP contribution in [0.15, 0.2) is 36.9 Å². The van der Waals surface area contributed by atoms with E-state index in [1.165, 1.54) is 13.2 Å². The summed E-state index contributed by atoms with van der Waals surface area (Å²) in [5.41, 5.74) is 7.00. The highest BCUT2D eigenvalue weighted by molar-refractivity contribution is 6.01.